The van der Waals surface area contributed by atoms with Gasteiger partial charge in [-0.3, -0.25) is 4.90 Å². The maximum absolute atomic E-state index is 8.87. The summed E-state index contributed by atoms with van der Waals surface area (Å²) in [5, 5.41) is 23.9. The van der Waals surface area contributed by atoms with Crippen LogP contribution in [0.1, 0.15) is 30.8 Å². The third-order valence-corrected chi connectivity index (χ3v) is 3.97. The SMILES string of the molecule is CNC(CCNCc1ccc(CN2CCCC2)o1)=C(C#N)C#N. The van der Waals surface area contributed by atoms with Crippen molar-refractivity contribution in [3.8, 4) is 12.1 Å². The van der Waals surface area contributed by atoms with Crippen LogP contribution in [0.15, 0.2) is 27.8 Å². The molecule has 122 valence electrons. The molecule has 0 spiro atoms. The number of rotatable bonds is 8. The van der Waals surface area contributed by atoms with Gasteiger partial charge in [-0.15, -0.1) is 0 Å². The molecule has 0 bridgehead atoms. The number of nitrogens with one attached hydrogen (secondary N) is 2. The minimum absolute atomic E-state index is 0.139. The van der Waals surface area contributed by atoms with Crippen LogP contribution in [0.5, 0.6) is 0 Å². The van der Waals surface area contributed by atoms with Gasteiger partial charge in [0.2, 0.25) is 0 Å². The van der Waals surface area contributed by atoms with Crippen LogP contribution in [0, 0.1) is 22.7 Å². The number of hydrogen-bond donors (Lipinski definition) is 2. The predicted octanol–water partition coefficient (Wildman–Crippen LogP) is 1.88. The zero-order valence-electron chi connectivity index (χ0n) is 13.6. The summed E-state index contributed by atoms with van der Waals surface area (Å²) in [4.78, 5) is 2.41. The highest BCUT2D eigenvalue weighted by molar-refractivity contribution is 5.39. The van der Waals surface area contributed by atoms with Crippen molar-refractivity contribution < 1.29 is 4.42 Å². The fraction of sp³-hybridized carbons (Fsp3) is 0.529. The lowest BCUT2D eigenvalue weighted by Crippen LogP contribution is -2.19. The van der Waals surface area contributed by atoms with E-state index in [9.17, 15) is 0 Å². The normalized spacial score (nSPS) is 14.2. The highest BCUT2D eigenvalue weighted by Gasteiger charge is 2.13. The molecular formula is C17H23N5O. The second kappa shape index (κ2) is 8.99. The number of furan rings is 1. The first-order valence-corrected chi connectivity index (χ1v) is 7.98. The van der Waals surface area contributed by atoms with Crippen LogP contribution in [-0.4, -0.2) is 31.6 Å². The summed E-state index contributed by atoms with van der Waals surface area (Å²) >= 11 is 0. The van der Waals surface area contributed by atoms with Crippen LogP contribution in [0.25, 0.3) is 0 Å². The number of nitrogens with zero attached hydrogens (tertiary/aromatic N) is 3. The Morgan fingerprint density at radius 3 is 2.57 bits per heavy atom. The van der Waals surface area contributed by atoms with Crippen LogP contribution in [0.3, 0.4) is 0 Å². The molecule has 6 nitrogen and oxygen atoms in total. The number of allylic oxidation sites excluding steroid dienone is 1. The van der Waals surface area contributed by atoms with E-state index in [-0.39, 0.29) is 5.57 Å². The van der Waals surface area contributed by atoms with Gasteiger partial charge in [0.15, 0.2) is 0 Å². The fourth-order valence-electron chi connectivity index (χ4n) is 2.72. The van der Waals surface area contributed by atoms with E-state index >= 15 is 0 Å². The summed E-state index contributed by atoms with van der Waals surface area (Å²) in [6.45, 7) is 4.53. The summed E-state index contributed by atoms with van der Waals surface area (Å²) in [5.74, 6) is 1.92. The molecule has 0 amide bonds. The molecule has 2 heterocycles. The molecule has 1 aromatic heterocycles. The third kappa shape index (κ3) is 5.14. The third-order valence-electron chi connectivity index (χ3n) is 3.97. The topological polar surface area (TPSA) is 88.0 Å². The van der Waals surface area contributed by atoms with Gasteiger partial charge >= 0.3 is 0 Å². The maximum atomic E-state index is 8.87. The average Bonchev–Trinajstić information content (AvgIpc) is 3.23. The molecule has 0 aromatic carbocycles. The number of nitriles is 2. The Kier molecular flexibility index (Phi) is 6.68. The Morgan fingerprint density at radius 1 is 1.22 bits per heavy atom. The lowest BCUT2D eigenvalue weighted by molar-refractivity contribution is 0.291. The van der Waals surface area contributed by atoms with E-state index in [2.05, 4.69) is 15.5 Å². The van der Waals surface area contributed by atoms with E-state index in [4.69, 9.17) is 14.9 Å². The van der Waals surface area contributed by atoms with Gasteiger partial charge in [-0.1, -0.05) is 0 Å². The van der Waals surface area contributed by atoms with Crippen molar-refractivity contribution in [2.24, 2.45) is 0 Å². The summed E-state index contributed by atoms with van der Waals surface area (Å²) in [7, 11) is 1.72. The lowest BCUT2D eigenvalue weighted by Gasteiger charge is -2.11. The first-order valence-electron chi connectivity index (χ1n) is 7.98. The Balaban J connectivity index is 1.74. The van der Waals surface area contributed by atoms with Crippen LogP contribution < -0.4 is 10.6 Å². The van der Waals surface area contributed by atoms with Gasteiger partial charge in [-0.25, -0.2) is 0 Å². The van der Waals surface area contributed by atoms with Crippen molar-refractivity contribution in [3.05, 3.63) is 34.9 Å². The smallest absolute Gasteiger partial charge is 0.148 e. The molecule has 0 atom stereocenters. The van der Waals surface area contributed by atoms with Crippen molar-refractivity contribution in [3.63, 3.8) is 0 Å². The molecule has 1 fully saturated rings. The van der Waals surface area contributed by atoms with E-state index in [1.807, 2.05) is 24.3 Å². The monoisotopic (exact) mass is 313 g/mol. The van der Waals surface area contributed by atoms with Gasteiger partial charge in [-0.2, -0.15) is 10.5 Å². The Hall–Kier alpha value is -2.28. The summed E-state index contributed by atoms with van der Waals surface area (Å²) in [6.07, 6.45) is 3.17. The van der Waals surface area contributed by atoms with Crippen LogP contribution in [0.2, 0.25) is 0 Å². The Labute approximate surface area is 137 Å². The minimum Gasteiger partial charge on any atom is -0.463 e. The number of likely N-dealkylation sites (tertiary alicyclic amines) is 1. The quantitative estimate of drug-likeness (QED) is 0.563. The van der Waals surface area contributed by atoms with E-state index in [0.29, 0.717) is 25.2 Å². The molecule has 1 saturated heterocycles. The first-order chi connectivity index (χ1) is 11.3. The van der Waals surface area contributed by atoms with Crippen molar-refractivity contribution in [2.45, 2.75) is 32.4 Å². The van der Waals surface area contributed by atoms with Gasteiger partial charge in [0.1, 0.15) is 29.2 Å². The average molecular weight is 313 g/mol. The molecule has 0 radical (unpaired) electrons. The van der Waals surface area contributed by atoms with Crippen molar-refractivity contribution in [1.82, 2.24) is 15.5 Å². The highest BCUT2D eigenvalue weighted by atomic mass is 16.3. The van der Waals surface area contributed by atoms with E-state index < -0.39 is 0 Å². The molecule has 2 rings (SSSR count). The van der Waals surface area contributed by atoms with Gasteiger partial charge in [0, 0.05) is 25.7 Å². The second-order valence-electron chi connectivity index (χ2n) is 5.61. The van der Waals surface area contributed by atoms with Crippen LogP contribution >= 0.6 is 0 Å². The first kappa shape index (κ1) is 17.1. The summed E-state index contributed by atoms with van der Waals surface area (Å²) in [6, 6.07) is 7.85. The van der Waals surface area contributed by atoms with Crippen LogP contribution in [-0.2, 0) is 13.1 Å². The van der Waals surface area contributed by atoms with Crippen molar-refractivity contribution in [2.75, 3.05) is 26.7 Å². The maximum Gasteiger partial charge on any atom is 0.148 e. The molecule has 1 aliphatic rings. The molecule has 1 aromatic rings. The standard InChI is InChI=1S/C17H23N5O/c1-20-17(14(10-18)11-19)6-7-21-12-15-4-5-16(23-15)13-22-8-2-3-9-22/h4-5,20-21H,2-3,6-9,12-13H2,1H3. The minimum atomic E-state index is 0.139. The molecule has 0 unspecified atom stereocenters. The predicted molar refractivity (Wildman–Crippen MR) is 86.9 cm³/mol. The Bertz CT molecular complexity index is 598. The molecule has 23 heavy (non-hydrogen) atoms. The number of hydrogen-bond acceptors (Lipinski definition) is 6. The molecule has 0 saturated carbocycles. The lowest BCUT2D eigenvalue weighted by atomic mass is 10.2. The molecule has 0 aliphatic carbocycles. The van der Waals surface area contributed by atoms with Crippen molar-refractivity contribution in [1.29, 1.82) is 10.5 Å². The molecule has 1 aliphatic heterocycles. The van der Waals surface area contributed by atoms with Crippen LogP contribution in [0.4, 0.5) is 0 Å². The summed E-state index contributed by atoms with van der Waals surface area (Å²) < 4.78 is 5.83. The van der Waals surface area contributed by atoms with Gasteiger partial charge in [0.25, 0.3) is 0 Å². The molecule has 6 heteroatoms. The largest absolute Gasteiger partial charge is 0.463 e. The summed E-state index contributed by atoms with van der Waals surface area (Å²) in [5.41, 5.74) is 0.803. The van der Waals surface area contributed by atoms with Gasteiger partial charge in [0.05, 0.1) is 13.1 Å². The van der Waals surface area contributed by atoms with Gasteiger partial charge in [-0.05, 0) is 38.1 Å². The van der Waals surface area contributed by atoms with E-state index in [0.717, 1.165) is 31.2 Å². The van der Waals surface area contributed by atoms with Gasteiger partial charge < -0.3 is 15.1 Å². The zero-order chi connectivity index (χ0) is 16.5. The zero-order valence-corrected chi connectivity index (χ0v) is 13.6. The second-order valence-corrected chi connectivity index (χ2v) is 5.61. The Morgan fingerprint density at radius 2 is 1.91 bits per heavy atom. The molecular weight excluding hydrogens is 290 g/mol. The van der Waals surface area contributed by atoms with E-state index in [1.54, 1.807) is 7.05 Å². The fourth-order valence-corrected chi connectivity index (χ4v) is 2.72. The van der Waals surface area contributed by atoms with E-state index in [1.165, 1.54) is 12.8 Å². The van der Waals surface area contributed by atoms with Crippen molar-refractivity contribution >= 4 is 0 Å². The molecule has 2 N–H and O–H groups in total. The highest BCUT2D eigenvalue weighted by Crippen LogP contribution is 2.15.